The Morgan fingerprint density at radius 2 is 2.22 bits per heavy atom. The topological polar surface area (TPSA) is 65.3 Å². The Kier molecular flexibility index (Phi) is 3.17. The van der Waals surface area contributed by atoms with Gasteiger partial charge in [-0.2, -0.15) is 0 Å². The van der Waals surface area contributed by atoms with Gasteiger partial charge in [0.1, 0.15) is 6.20 Å². The molecule has 0 aromatic carbocycles. The zero-order valence-corrected chi connectivity index (χ0v) is 10.7. The van der Waals surface area contributed by atoms with Crippen LogP contribution >= 0.6 is 0 Å². The third kappa shape index (κ3) is 2.73. The summed E-state index contributed by atoms with van der Waals surface area (Å²) >= 11 is 0. The van der Waals surface area contributed by atoms with Gasteiger partial charge in [0.05, 0.1) is 22.3 Å². The fourth-order valence-electron chi connectivity index (χ4n) is 2.24. The lowest BCUT2D eigenvalue weighted by Gasteiger charge is -2.33. The molecule has 0 N–H and O–H groups in total. The minimum Gasteiger partial charge on any atom is -0.368 e. The highest BCUT2D eigenvalue weighted by molar-refractivity contribution is 5.65. The molecule has 1 aromatic rings. The first-order chi connectivity index (χ1) is 8.37. The molecule has 0 saturated carbocycles. The molecule has 96 valence electrons. The van der Waals surface area contributed by atoms with Gasteiger partial charge in [0.2, 0.25) is 0 Å². The van der Waals surface area contributed by atoms with Crippen LogP contribution in [0.2, 0.25) is 0 Å². The van der Waals surface area contributed by atoms with E-state index in [1.165, 1.54) is 12.3 Å². The molecule has 0 amide bonds. The van der Waals surface area contributed by atoms with E-state index in [2.05, 4.69) is 4.98 Å². The summed E-state index contributed by atoms with van der Waals surface area (Å²) in [7, 11) is 0. The fraction of sp³-hybridized carbons (Fsp3) is 0.462. The van der Waals surface area contributed by atoms with Crippen LogP contribution in [0.15, 0.2) is 24.4 Å². The van der Waals surface area contributed by atoms with E-state index in [1.54, 1.807) is 6.07 Å². The van der Waals surface area contributed by atoms with Gasteiger partial charge < -0.3 is 4.74 Å². The predicted octanol–water partition coefficient (Wildman–Crippen LogP) is 2.96. The maximum atomic E-state index is 10.6. The van der Waals surface area contributed by atoms with Crippen LogP contribution in [0.4, 0.5) is 5.69 Å². The van der Waals surface area contributed by atoms with Crippen molar-refractivity contribution in [3.63, 3.8) is 0 Å². The van der Waals surface area contributed by atoms with Crippen molar-refractivity contribution in [3.05, 3.63) is 40.2 Å². The Balaban J connectivity index is 2.28. The molecule has 1 aromatic heterocycles. The van der Waals surface area contributed by atoms with E-state index in [1.807, 2.05) is 26.8 Å². The second-order valence-electron chi connectivity index (χ2n) is 5.11. The van der Waals surface area contributed by atoms with E-state index >= 15 is 0 Å². The van der Waals surface area contributed by atoms with Crippen molar-refractivity contribution < 1.29 is 9.66 Å². The Morgan fingerprint density at radius 1 is 1.50 bits per heavy atom. The number of ether oxygens (including phenoxy) is 1. The molecule has 18 heavy (non-hydrogen) atoms. The number of rotatable bonds is 2. The van der Waals surface area contributed by atoms with Gasteiger partial charge in [-0.3, -0.25) is 10.1 Å². The Morgan fingerprint density at radius 3 is 2.72 bits per heavy atom. The Hall–Kier alpha value is -1.75. The van der Waals surface area contributed by atoms with Crippen LogP contribution in [0.5, 0.6) is 0 Å². The van der Waals surface area contributed by atoms with E-state index < -0.39 is 4.92 Å². The average Bonchev–Trinajstić information content (AvgIpc) is 2.26. The molecule has 1 aliphatic rings. The van der Waals surface area contributed by atoms with Gasteiger partial charge in [-0.25, -0.2) is 4.98 Å². The molecule has 2 rings (SSSR count). The van der Waals surface area contributed by atoms with Crippen LogP contribution in [-0.4, -0.2) is 21.6 Å². The second-order valence-corrected chi connectivity index (χ2v) is 5.11. The second kappa shape index (κ2) is 4.49. The minimum atomic E-state index is -0.443. The number of hydrogen-bond acceptors (Lipinski definition) is 4. The molecular formula is C13H16N2O3. The maximum Gasteiger partial charge on any atom is 0.287 e. The van der Waals surface area contributed by atoms with Crippen molar-refractivity contribution in [3.8, 4) is 0 Å². The lowest BCUT2D eigenvalue weighted by Crippen LogP contribution is -2.32. The summed E-state index contributed by atoms with van der Waals surface area (Å²) in [4.78, 5) is 14.3. The minimum absolute atomic E-state index is 0.0127. The molecule has 5 heteroatoms. The van der Waals surface area contributed by atoms with Crippen LogP contribution in [0.3, 0.4) is 0 Å². The zero-order chi connectivity index (χ0) is 13.3. The molecule has 1 atom stereocenters. The third-order valence-corrected chi connectivity index (χ3v) is 2.84. The molecule has 0 bridgehead atoms. The Labute approximate surface area is 106 Å². The first kappa shape index (κ1) is 12.7. The molecule has 2 heterocycles. The number of aromatic nitrogens is 1. The normalized spacial score (nSPS) is 22.4. The number of nitrogens with zero attached hydrogens (tertiary/aromatic N) is 2. The number of hydrogen-bond donors (Lipinski definition) is 0. The number of pyridine rings is 1. The summed E-state index contributed by atoms with van der Waals surface area (Å²) in [6, 6.07) is 3.17. The van der Waals surface area contributed by atoms with Crippen molar-refractivity contribution >= 4 is 11.3 Å². The molecule has 0 radical (unpaired) electrons. The highest BCUT2D eigenvalue weighted by Crippen LogP contribution is 2.33. The van der Waals surface area contributed by atoms with Gasteiger partial charge >= 0.3 is 0 Å². The monoisotopic (exact) mass is 248 g/mol. The SMILES string of the molecule is CC1C=C(c2ccc([N+](=O)[O-])cn2)CC(C)(C)O1. The van der Waals surface area contributed by atoms with Crippen molar-refractivity contribution in [2.24, 2.45) is 0 Å². The van der Waals surface area contributed by atoms with Gasteiger partial charge in [0.15, 0.2) is 0 Å². The van der Waals surface area contributed by atoms with Crippen molar-refractivity contribution in [2.75, 3.05) is 0 Å². The van der Waals surface area contributed by atoms with E-state index in [9.17, 15) is 10.1 Å². The molecule has 0 spiro atoms. The van der Waals surface area contributed by atoms with Crippen molar-refractivity contribution in [1.29, 1.82) is 0 Å². The largest absolute Gasteiger partial charge is 0.368 e. The van der Waals surface area contributed by atoms with Crippen LogP contribution in [0.25, 0.3) is 5.57 Å². The highest BCUT2D eigenvalue weighted by atomic mass is 16.6. The third-order valence-electron chi connectivity index (χ3n) is 2.84. The summed E-state index contributed by atoms with van der Waals surface area (Å²) in [5.41, 5.74) is 1.64. The molecule has 0 aliphatic carbocycles. The molecule has 0 saturated heterocycles. The van der Waals surface area contributed by atoms with Crippen molar-refractivity contribution in [1.82, 2.24) is 4.98 Å². The van der Waals surface area contributed by atoms with Crippen LogP contribution < -0.4 is 0 Å². The van der Waals surface area contributed by atoms with E-state index in [0.717, 1.165) is 17.7 Å². The molecule has 5 nitrogen and oxygen atoms in total. The zero-order valence-electron chi connectivity index (χ0n) is 10.7. The molecule has 0 fully saturated rings. The summed E-state index contributed by atoms with van der Waals surface area (Å²) in [6.45, 7) is 6.04. The first-order valence-corrected chi connectivity index (χ1v) is 5.87. The molecule has 1 unspecified atom stereocenters. The average molecular weight is 248 g/mol. The Bertz CT molecular complexity index is 491. The molecular weight excluding hydrogens is 232 g/mol. The van der Waals surface area contributed by atoms with Gasteiger partial charge in [0.25, 0.3) is 5.69 Å². The molecule has 1 aliphatic heterocycles. The van der Waals surface area contributed by atoms with Gasteiger partial charge in [0, 0.05) is 12.5 Å². The highest BCUT2D eigenvalue weighted by Gasteiger charge is 2.28. The van der Waals surface area contributed by atoms with Crippen LogP contribution in [-0.2, 0) is 4.74 Å². The first-order valence-electron chi connectivity index (χ1n) is 5.87. The summed E-state index contributed by atoms with van der Waals surface area (Å²) in [5, 5.41) is 10.6. The van der Waals surface area contributed by atoms with E-state index in [-0.39, 0.29) is 17.4 Å². The lowest BCUT2D eigenvalue weighted by molar-refractivity contribution is -0.385. The van der Waals surface area contributed by atoms with Gasteiger partial charge in [-0.1, -0.05) is 6.08 Å². The summed E-state index contributed by atoms with van der Waals surface area (Å²) in [5.74, 6) is 0. The fourth-order valence-corrected chi connectivity index (χ4v) is 2.24. The summed E-state index contributed by atoms with van der Waals surface area (Å²) < 4.78 is 5.77. The quantitative estimate of drug-likeness (QED) is 0.596. The van der Waals surface area contributed by atoms with Crippen LogP contribution in [0.1, 0.15) is 32.9 Å². The number of nitro groups is 1. The maximum absolute atomic E-state index is 10.6. The van der Waals surface area contributed by atoms with E-state index in [0.29, 0.717) is 0 Å². The van der Waals surface area contributed by atoms with Gasteiger partial charge in [-0.15, -0.1) is 0 Å². The standard InChI is InChI=1S/C13H16N2O3/c1-9-6-10(7-13(2,3)18-9)12-5-4-11(8-14-12)15(16)17/h4-6,8-9H,7H2,1-3H3. The van der Waals surface area contributed by atoms with Crippen LogP contribution in [0, 0.1) is 10.1 Å². The lowest BCUT2D eigenvalue weighted by atomic mass is 9.92. The van der Waals surface area contributed by atoms with E-state index in [4.69, 9.17) is 4.74 Å². The summed E-state index contributed by atoms with van der Waals surface area (Å²) in [6.07, 6.45) is 4.09. The predicted molar refractivity (Wildman–Crippen MR) is 68.1 cm³/mol. The van der Waals surface area contributed by atoms with Crippen molar-refractivity contribution in [2.45, 2.75) is 38.9 Å². The smallest absolute Gasteiger partial charge is 0.287 e. The van der Waals surface area contributed by atoms with Gasteiger partial charge in [-0.05, 0) is 32.4 Å².